The van der Waals surface area contributed by atoms with Crippen molar-refractivity contribution in [3.8, 4) is 11.1 Å². The molecule has 0 aliphatic heterocycles. The minimum atomic E-state index is -0.167. The first kappa shape index (κ1) is 8.61. The lowest BCUT2D eigenvalue weighted by molar-refractivity contribution is 0.708. The van der Waals surface area contributed by atoms with E-state index in [1.165, 1.54) is 0 Å². The van der Waals surface area contributed by atoms with Crippen molar-refractivity contribution in [2.24, 2.45) is 5.73 Å². The van der Waals surface area contributed by atoms with Gasteiger partial charge in [0, 0.05) is 18.0 Å². The number of pyridine rings is 1. The van der Waals surface area contributed by atoms with E-state index in [9.17, 15) is 0 Å². The van der Waals surface area contributed by atoms with Gasteiger partial charge in [0.15, 0.2) is 0 Å². The smallest absolute Gasteiger partial charge is 0.0608 e. The number of aromatic amines is 1. The predicted molar refractivity (Wildman–Crippen MR) is 56.9 cm³/mol. The maximum Gasteiger partial charge on any atom is 0.0608 e. The molecular weight excluding hydrogens is 188 g/mol. The number of rotatable bonds is 2. The van der Waals surface area contributed by atoms with Crippen LogP contribution in [0.1, 0.15) is 18.5 Å². The molecule has 1 fully saturated rings. The fraction of sp³-hybridized carbons (Fsp3) is 0.273. The lowest BCUT2D eigenvalue weighted by Gasteiger charge is -2.08. The van der Waals surface area contributed by atoms with Crippen LogP contribution in [-0.2, 0) is 5.54 Å². The largest absolute Gasteiger partial charge is 0.320 e. The molecule has 4 nitrogen and oxygen atoms in total. The Bertz CT molecular complexity index is 471. The van der Waals surface area contributed by atoms with E-state index in [0.29, 0.717) is 0 Å². The number of nitrogens with zero attached hydrogens (tertiary/aromatic N) is 2. The minimum absolute atomic E-state index is 0.167. The average Bonchev–Trinajstić information content (AvgIpc) is 2.84. The molecule has 0 radical (unpaired) electrons. The highest BCUT2D eigenvalue weighted by molar-refractivity contribution is 5.61. The second-order valence-corrected chi connectivity index (χ2v) is 4.07. The Morgan fingerprint density at radius 2 is 2.20 bits per heavy atom. The zero-order valence-corrected chi connectivity index (χ0v) is 8.27. The van der Waals surface area contributed by atoms with Crippen LogP contribution >= 0.6 is 0 Å². The Balaban J connectivity index is 2.04. The summed E-state index contributed by atoms with van der Waals surface area (Å²) in [4.78, 5) is 4.33. The summed E-state index contributed by atoms with van der Waals surface area (Å²) in [5, 5.41) is 6.73. The van der Waals surface area contributed by atoms with Gasteiger partial charge < -0.3 is 5.73 Å². The Morgan fingerprint density at radius 1 is 1.33 bits per heavy atom. The van der Waals surface area contributed by atoms with E-state index in [0.717, 1.165) is 29.7 Å². The monoisotopic (exact) mass is 200 g/mol. The van der Waals surface area contributed by atoms with Crippen LogP contribution in [0.5, 0.6) is 0 Å². The molecule has 0 bridgehead atoms. The van der Waals surface area contributed by atoms with Crippen LogP contribution in [0.2, 0.25) is 0 Å². The topological polar surface area (TPSA) is 67.6 Å². The van der Waals surface area contributed by atoms with E-state index >= 15 is 0 Å². The first-order chi connectivity index (χ1) is 7.28. The quantitative estimate of drug-likeness (QED) is 0.770. The highest BCUT2D eigenvalue weighted by Crippen LogP contribution is 2.42. The molecule has 0 unspecified atom stereocenters. The highest BCUT2D eigenvalue weighted by Gasteiger charge is 2.41. The number of aromatic nitrogens is 3. The van der Waals surface area contributed by atoms with E-state index < -0.39 is 0 Å². The summed E-state index contributed by atoms with van der Waals surface area (Å²) in [5.41, 5.74) is 9.11. The molecule has 3 N–H and O–H groups in total. The third-order valence-corrected chi connectivity index (χ3v) is 2.89. The second-order valence-electron chi connectivity index (χ2n) is 4.07. The van der Waals surface area contributed by atoms with Gasteiger partial charge in [-0.2, -0.15) is 5.10 Å². The van der Waals surface area contributed by atoms with Crippen LogP contribution < -0.4 is 5.73 Å². The predicted octanol–water partition coefficient (Wildman–Crippen LogP) is 1.42. The van der Waals surface area contributed by atoms with E-state index in [4.69, 9.17) is 5.73 Å². The van der Waals surface area contributed by atoms with Crippen LogP contribution in [0, 0.1) is 0 Å². The van der Waals surface area contributed by atoms with Crippen molar-refractivity contribution in [1.29, 1.82) is 0 Å². The summed E-state index contributed by atoms with van der Waals surface area (Å²) >= 11 is 0. The van der Waals surface area contributed by atoms with Gasteiger partial charge in [0.05, 0.1) is 17.4 Å². The van der Waals surface area contributed by atoms with Gasteiger partial charge in [0.2, 0.25) is 0 Å². The van der Waals surface area contributed by atoms with Gasteiger partial charge in [-0.25, -0.2) is 0 Å². The molecule has 2 aromatic heterocycles. The molecule has 1 aliphatic carbocycles. The fourth-order valence-corrected chi connectivity index (χ4v) is 1.68. The van der Waals surface area contributed by atoms with Gasteiger partial charge in [0.25, 0.3) is 0 Å². The summed E-state index contributed by atoms with van der Waals surface area (Å²) in [6.45, 7) is 0. The van der Waals surface area contributed by atoms with Crippen molar-refractivity contribution in [1.82, 2.24) is 15.2 Å². The van der Waals surface area contributed by atoms with Crippen LogP contribution in [0.15, 0.2) is 30.7 Å². The lowest BCUT2D eigenvalue weighted by Crippen LogP contribution is -2.20. The van der Waals surface area contributed by atoms with Crippen molar-refractivity contribution in [2.45, 2.75) is 18.4 Å². The Kier molecular flexibility index (Phi) is 1.67. The fourth-order valence-electron chi connectivity index (χ4n) is 1.68. The number of nitrogens with two attached hydrogens (primary N) is 1. The zero-order chi connectivity index (χ0) is 10.3. The van der Waals surface area contributed by atoms with Crippen LogP contribution in [0.3, 0.4) is 0 Å². The van der Waals surface area contributed by atoms with Gasteiger partial charge in [-0.1, -0.05) is 0 Å². The number of hydrogen-bond donors (Lipinski definition) is 2. The maximum absolute atomic E-state index is 6.10. The SMILES string of the molecule is NC1(c2cc(-c3cn[nH]c3)ccn2)CC1. The summed E-state index contributed by atoms with van der Waals surface area (Å²) in [6.07, 6.45) is 7.55. The lowest BCUT2D eigenvalue weighted by atomic mass is 10.1. The summed E-state index contributed by atoms with van der Waals surface area (Å²) in [6, 6.07) is 4.03. The van der Waals surface area contributed by atoms with Gasteiger partial charge in [0.1, 0.15) is 0 Å². The number of H-pyrrole nitrogens is 1. The second kappa shape index (κ2) is 2.90. The molecule has 0 atom stereocenters. The van der Waals surface area contributed by atoms with Crippen LogP contribution in [0.25, 0.3) is 11.1 Å². The number of nitrogens with one attached hydrogen (secondary N) is 1. The van der Waals surface area contributed by atoms with Crippen LogP contribution in [-0.4, -0.2) is 15.2 Å². The number of hydrogen-bond acceptors (Lipinski definition) is 3. The Morgan fingerprint density at radius 3 is 2.87 bits per heavy atom. The molecular formula is C11H12N4. The van der Waals surface area contributed by atoms with E-state index in [1.54, 1.807) is 6.20 Å². The Hall–Kier alpha value is -1.68. The van der Waals surface area contributed by atoms with E-state index in [-0.39, 0.29) is 5.54 Å². The molecule has 2 aromatic rings. The molecule has 0 amide bonds. The third kappa shape index (κ3) is 1.43. The molecule has 76 valence electrons. The summed E-state index contributed by atoms with van der Waals surface area (Å²) < 4.78 is 0. The molecule has 1 saturated carbocycles. The maximum atomic E-state index is 6.10. The molecule has 0 saturated heterocycles. The molecule has 4 heteroatoms. The van der Waals surface area contributed by atoms with E-state index in [1.807, 2.05) is 18.5 Å². The molecule has 3 rings (SSSR count). The van der Waals surface area contributed by atoms with Crippen molar-refractivity contribution in [3.63, 3.8) is 0 Å². The molecule has 2 heterocycles. The molecule has 1 aliphatic rings. The summed E-state index contributed by atoms with van der Waals surface area (Å²) in [5.74, 6) is 0. The van der Waals surface area contributed by atoms with Crippen molar-refractivity contribution in [3.05, 3.63) is 36.4 Å². The first-order valence-electron chi connectivity index (χ1n) is 5.02. The van der Waals surface area contributed by atoms with Gasteiger partial charge in [-0.05, 0) is 30.5 Å². The average molecular weight is 200 g/mol. The Labute approximate surface area is 87.5 Å². The van der Waals surface area contributed by atoms with Crippen molar-refractivity contribution in [2.75, 3.05) is 0 Å². The highest BCUT2D eigenvalue weighted by atomic mass is 15.1. The normalized spacial score (nSPS) is 17.7. The van der Waals surface area contributed by atoms with Crippen molar-refractivity contribution < 1.29 is 0 Å². The zero-order valence-electron chi connectivity index (χ0n) is 8.27. The van der Waals surface area contributed by atoms with Crippen molar-refractivity contribution >= 4 is 0 Å². The summed E-state index contributed by atoms with van der Waals surface area (Å²) in [7, 11) is 0. The first-order valence-corrected chi connectivity index (χ1v) is 5.02. The van der Waals surface area contributed by atoms with Gasteiger partial charge in [-0.15, -0.1) is 0 Å². The minimum Gasteiger partial charge on any atom is -0.320 e. The van der Waals surface area contributed by atoms with E-state index in [2.05, 4.69) is 21.2 Å². The van der Waals surface area contributed by atoms with Crippen LogP contribution in [0.4, 0.5) is 0 Å². The van der Waals surface area contributed by atoms with Gasteiger partial charge in [-0.3, -0.25) is 10.1 Å². The molecule has 15 heavy (non-hydrogen) atoms. The van der Waals surface area contributed by atoms with Gasteiger partial charge >= 0.3 is 0 Å². The third-order valence-electron chi connectivity index (χ3n) is 2.89. The molecule has 0 aromatic carbocycles. The molecule has 0 spiro atoms. The standard InChI is InChI=1S/C11H12N4/c12-11(2-3-11)10-5-8(1-4-13-10)9-6-14-15-7-9/h1,4-7H,2-3,12H2,(H,14,15).